The summed E-state index contributed by atoms with van der Waals surface area (Å²) >= 11 is 6.32. The van der Waals surface area contributed by atoms with E-state index in [1.54, 1.807) is 18.2 Å². The molecule has 1 aromatic heterocycles. The molecule has 3 N–H and O–H groups in total. The third kappa shape index (κ3) is 2.21. The lowest BCUT2D eigenvalue weighted by Gasteiger charge is -2.05. The van der Waals surface area contributed by atoms with Gasteiger partial charge in [-0.25, -0.2) is 9.19 Å². The molecule has 0 fully saturated rings. The smallest absolute Gasteiger partial charge is 0.152 e. The average Bonchev–Trinajstić information content (AvgIpc) is 2.87. The van der Waals surface area contributed by atoms with Crippen LogP contribution in [-0.4, -0.2) is 19.0 Å². The van der Waals surface area contributed by atoms with Crippen molar-refractivity contribution in [3.8, 4) is 0 Å². The van der Waals surface area contributed by atoms with Crippen LogP contribution in [0, 0.1) is 0 Å². The summed E-state index contributed by atoms with van der Waals surface area (Å²) in [5, 5.41) is 0.525. The predicted octanol–water partition coefficient (Wildman–Crippen LogP) is 2.58. The van der Waals surface area contributed by atoms with E-state index < -0.39 is 0 Å². The predicted molar refractivity (Wildman–Crippen MR) is 83.3 cm³/mol. The summed E-state index contributed by atoms with van der Waals surface area (Å²) < 4.78 is 11.5. The van der Waals surface area contributed by atoms with E-state index in [0.29, 0.717) is 38.2 Å². The molecule has 0 saturated carbocycles. The van der Waals surface area contributed by atoms with Crippen molar-refractivity contribution in [2.45, 2.75) is 0 Å². The number of H-pyrrole nitrogens is 1. The molecule has 0 bridgehead atoms. The number of para-hydroxylation sites is 2. The Morgan fingerprint density at radius 3 is 2.80 bits per heavy atom. The molecule has 6 heteroatoms. The molecule has 0 radical (unpaired) electrons. The quantitative estimate of drug-likeness (QED) is 0.434. The number of hydrogen-bond acceptors (Lipinski definition) is 3. The van der Waals surface area contributed by atoms with E-state index in [1.807, 2.05) is 24.3 Å². The Morgan fingerprint density at radius 2 is 2.05 bits per heavy atom. The van der Waals surface area contributed by atoms with Crippen LogP contribution in [0.1, 0.15) is 11.4 Å². The third-order valence-corrected chi connectivity index (χ3v) is 3.76. The van der Waals surface area contributed by atoms with Crippen molar-refractivity contribution >= 4 is 44.4 Å². The molecule has 0 saturated heterocycles. The number of aromatic nitrogens is 2. The number of benzene rings is 2. The van der Waals surface area contributed by atoms with E-state index >= 15 is 0 Å². The highest BCUT2D eigenvalue weighted by Gasteiger charge is 2.14. The maximum Gasteiger partial charge on any atom is 0.152 e. The molecule has 0 spiro atoms. The van der Waals surface area contributed by atoms with Gasteiger partial charge < -0.3 is 10.7 Å². The SMILES string of the molecule is Nc1ccc(Cl)cc1C(=S=O)c1nc2ccccc2[nH]1. The zero-order valence-corrected chi connectivity index (χ0v) is 11.8. The van der Waals surface area contributed by atoms with Gasteiger partial charge in [0.25, 0.3) is 0 Å². The van der Waals surface area contributed by atoms with Gasteiger partial charge in [-0.1, -0.05) is 23.7 Å². The van der Waals surface area contributed by atoms with Crippen LogP contribution in [0.15, 0.2) is 42.5 Å². The number of nitrogens with two attached hydrogens (primary N) is 1. The summed E-state index contributed by atoms with van der Waals surface area (Å²) in [5.41, 5.74) is 8.68. The van der Waals surface area contributed by atoms with E-state index in [0.717, 1.165) is 11.0 Å². The van der Waals surface area contributed by atoms with Gasteiger partial charge in [0.05, 0.1) is 11.0 Å². The molecule has 0 aliphatic rings. The van der Waals surface area contributed by atoms with Gasteiger partial charge in [0.1, 0.15) is 16.1 Å². The maximum absolute atomic E-state index is 11.5. The Labute approximate surface area is 123 Å². The number of rotatable bonds is 2. The fourth-order valence-corrected chi connectivity index (χ4v) is 2.61. The van der Waals surface area contributed by atoms with Crippen LogP contribution in [0.25, 0.3) is 11.0 Å². The molecule has 0 unspecified atom stereocenters. The minimum Gasteiger partial charge on any atom is -0.398 e. The van der Waals surface area contributed by atoms with E-state index in [-0.39, 0.29) is 0 Å². The average molecular weight is 304 g/mol. The molecular weight excluding hydrogens is 294 g/mol. The van der Waals surface area contributed by atoms with Gasteiger partial charge in [0.2, 0.25) is 0 Å². The number of nitrogens with zero attached hydrogens (tertiary/aromatic N) is 1. The number of nitrogens with one attached hydrogen (secondary N) is 1. The maximum atomic E-state index is 11.5. The second-order valence-corrected chi connectivity index (χ2v) is 5.26. The van der Waals surface area contributed by atoms with Gasteiger partial charge in [0, 0.05) is 16.3 Å². The first-order valence-electron chi connectivity index (χ1n) is 5.86. The molecular formula is C14H10ClN3OS. The van der Waals surface area contributed by atoms with Crippen molar-refractivity contribution in [3.63, 3.8) is 0 Å². The Hall–Kier alpha value is -2.11. The number of halogens is 1. The van der Waals surface area contributed by atoms with E-state index in [1.165, 1.54) is 0 Å². The summed E-state index contributed by atoms with van der Waals surface area (Å²) in [4.78, 5) is 7.97. The van der Waals surface area contributed by atoms with Crippen molar-refractivity contribution in [1.82, 2.24) is 9.97 Å². The van der Waals surface area contributed by atoms with Crippen molar-refractivity contribution in [2.75, 3.05) is 5.73 Å². The lowest BCUT2D eigenvalue weighted by atomic mass is 10.1. The molecule has 0 atom stereocenters. The van der Waals surface area contributed by atoms with Gasteiger partial charge in [0.15, 0.2) is 5.82 Å². The van der Waals surface area contributed by atoms with Gasteiger partial charge in [-0.2, -0.15) is 0 Å². The lowest BCUT2D eigenvalue weighted by Crippen LogP contribution is -2.08. The van der Waals surface area contributed by atoms with Crippen molar-refractivity contribution in [1.29, 1.82) is 0 Å². The van der Waals surface area contributed by atoms with Crippen molar-refractivity contribution < 1.29 is 4.21 Å². The highest BCUT2D eigenvalue weighted by Crippen LogP contribution is 2.21. The summed E-state index contributed by atoms with van der Waals surface area (Å²) in [7, 11) is 0. The van der Waals surface area contributed by atoms with Crippen LogP contribution in [0.4, 0.5) is 5.69 Å². The monoisotopic (exact) mass is 303 g/mol. The molecule has 100 valence electrons. The van der Waals surface area contributed by atoms with E-state index in [4.69, 9.17) is 17.3 Å². The largest absolute Gasteiger partial charge is 0.398 e. The fraction of sp³-hybridized carbons (Fsp3) is 0. The number of nitrogen functional groups attached to an aromatic ring is 1. The van der Waals surface area contributed by atoms with Crippen molar-refractivity contribution in [2.24, 2.45) is 0 Å². The zero-order valence-electron chi connectivity index (χ0n) is 10.3. The van der Waals surface area contributed by atoms with Crippen LogP contribution in [-0.2, 0) is 11.3 Å². The second-order valence-electron chi connectivity index (χ2n) is 4.25. The van der Waals surface area contributed by atoms with Crippen LogP contribution >= 0.6 is 11.6 Å². The molecule has 0 aliphatic heterocycles. The van der Waals surface area contributed by atoms with Crippen LogP contribution in [0.3, 0.4) is 0 Å². The van der Waals surface area contributed by atoms with Crippen LogP contribution in [0.2, 0.25) is 5.02 Å². The summed E-state index contributed by atoms with van der Waals surface area (Å²) in [6.45, 7) is 0. The van der Waals surface area contributed by atoms with Crippen LogP contribution in [0.5, 0.6) is 0 Å². The Kier molecular flexibility index (Phi) is 3.30. The molecule has 0 aliphatic carbocycles. The fourth-order valence-electron chi connectivity index (χ4n) is 2.00. The van der Waals surface area contributed by atoms with E-state index in [9.17, 15) is 4.21 Å². The first-order chi connectivity index (χ1) is 9.69. The zero-order chi connectivity index (χ0) is 14.1. The van der Waals surface area contributed by atoms with Gasteiger partial charge >= 0.3 is 0 Å². The lowest BCUT2D eigenvalue weighted by molar-refractivity contribution is 0.701. The highest BCUT2D eigenvalue weighted by atomic mass is 35.5. The number of aromatic amines is 1. The minimum atomic E-state index is 0.348. The minimum absolute atomic E-state index is 0.348. The number of anilines is 1. The first kappa shape index (κ1) is 12.9. The normalized spacial score (nSPS) is 10.7. The first-order valence-corrected chi connectivity index (χ1v) is 6.98. The van der Waals surface area contributed by atoms with Gasteiger partial charge in [-0.3, -0.25) is 0 Å². The molecule has 1 heterocycles. The number of fused-ring (bicyclic) bond motifs is 1. The summed E-state index contributed by atoms with van der Waals surface area (Å²) in [6, 6.07) is 12.6. The van der Waals surface area contributed by atoms with Gasteiger partial charge in [-0.15, -0.1) is 0 Å². The second kappa shape index (κ2) is 5.11. The van der Waals surface area contributed by atoms with E-state index in [2.05, 4.69) is 9.97 Å². The highest BCUT2D eigenvalue weighted by molar-refractivity contribution is 7.67. The van der Waals surface area contributed by atoms with Crippen LogP contribution < -0.4 is 5.73 Å². The summed E-state index contributed by atoms with van der Waals surface area (Å²) in [5.74, 6) is 0.500. The Balaban J connectivity index is 2.19. The van der Waals surface area contributed by atoms with Crippen molar-refractivity contribution in [3.05, 3.63) is 58.9 Å². The summed E-state index contributed by atoms with van der Waals surface area (Å²) in [6.07, 6.45) is 0. The Morgan fingerprint density at radius 1 is 1.25 bits per heavy atom. The Bertz CT molecular complexity index is 820. The van der Waals surface area contributed by atoms with Gasteiger partial charge in [-0.05, 0) is 30.3 Å². The number of imidazole rings is 1. The topological polar surface area (TPSA) is 71.8 Å². The molecule has 2 aromatic carbocycles. The molecule has 3 rings (SSSR count). The molecule has 4 nitrogen and oxygen atoms in total. The number of hydrogen-bond donors (Lipinski definition) is 2. The molecule has 3 aromatic rings. The third-order valence-electron chi connectivity index (χ3n) is 2.95. The molecule has 0 amide bonds. The molecule has 20 heavy (non-hydrogen) atoms. The standard InChI is InChI=1S/C14H10ClN3OS/c15-8-5-6-10(16)9(7-8)13(20-19)14-17-11-3-1-2-4-12(11)18-14/h1-7H,16H2,(H,17,18).